The first-order valence-electron chi connectivity index (χ1n) is 4.26. The Kier molecular flexibility index (Phi) is 1.73. The lowest BCUT2D eigenvalue weighted by Crippen LogP contribution is -2.69. The quantitative estimate of drug-likeness (QED) is 0.412. The normalized spacial score (nSPS) is 35.9. The first-order chi connectivity index (χ1) is 6.53. The summed E-state index contributed by atoms with van der Waals surface area (Å²) >= 11 is 0. The Morgan fingerprint density at radius 3 is 2.71 bits per heavy atom. The molecular formula is C8H9NO5. The van der Waals surface area contributed by atoms with Gasteiger partial charge in [0.05, 0.1) is 18.9 Å². The minimum Gasteiger partial charge on any atom is -0.481 e. The minimum absolute atomic E-state index is 0.0832. The van der Waals surface area contributed by atoms with Crippen molar-refractivity contribution in [3.05, 3.63) is 0 Å². The van der Waals surface area contributed by atoms with Crippen LogP contribution in [0.1, 0.15) is 12.8 Å². The van der Waals surface area contributed by atoms with Gasteiger partial charge in [-0.3, -0.25) is 14.4 Å². The zero-order valence-electron chi connectivity index (χ0n) is 7.28. The van der Waals surface area contributed by atoms with Gasteiger partial charge >= 0.3 is 11.9 Å². The van der Waals surface area contributed by atoms with Crippen LogP contribution < -0.4 is 5.32 Å². The monoisotopic (exact) mass is 199 g/mol. The minimum atomic E-state index is -1.20. The number of β-lactam (4-membered cyclic amide) rings is 1. The lowest BCUT2D eigenvalue weighted by atomic mass is 9.81. The third kappa shape index (κ3) is 1.14. The van der Waals surface area contributed by atoms with E-state index in [1.165, 1.54) is 0 Å². The molecule has 1 amide bonds. The average molecular weight is 199 g/mol. The molecule has 76 valence electrons. The third-order valence-corrected chi connectivity index (χ3v) is 2.60. The largest absolute Gasteiger partial charge is 0.481 e. The number of carboxylic acid groups (broad SMARTS) is 1. The highest BCUT2D eigenvalue weighted by molar-refractivity contribution is 5.95. The molecule has 2 aliphatic rings. The highest BCUT2D eigenvalue weighted by Gasteiger charge is 2.55. The Hall–Kier alpha value is -1.59. The number of rotatable bonds is 1. The van der Waals surface area contributed by atoms with Crippen LogP contribution in [0.5, 0.6) is 0 Å². The number of carboxylic acids is 1. The molecule has 0 saturated carbocycles. The van der Waals surface area contributed by atoms with Crippen molar-refractivity contribution in [3.63, 3.8) is 0 Å². The van der Waals surface area contributed by atoms with Gasteiger partial charge in [0.15, 0.2) is 0 Å². The number of esters is 1. The van der Waals surface area contributed by atoms with E-state index in [9.17, 15) is 14.4 Å². The van der Waals surface area contributed by atoms with Gasteiger partial charge in [-0.05, 0) is 0 Å². The van der Waals surface area contributed by atoms with Crippen LogP contribution in [0.25, 0.3) is 0 Å². The van der Waals surface area contributed by atoms with Crippen LogP contribution >= 0.6 is 0 Å². The van der Waals surface area contributed by atoms with E-state index >= 15 is 0 Å². The van der Waals surface area contributed by atoms with Crippen molar-refractivity contribution in [3.8, 4) is 0 Å². The molecule has 0 aromatic rings. The van der Waals surface area contributed by atoms with Crippen LogP contribution in [0, 0.1) is 5.92 Å². The van der Waals surface area contributed by atoms with E-state index in [0.29, 0.717) is 0 Å². The van der Waals surface area contributed by atoms with Gasteiger partial charge in [0, 0.05) is 6.42 Å². The maximum atomic E-state index is 11.1. The summed E-state index contributed by atoms with van der Waals surface area (Å²) in [5, 5.41) is 11.2. The molecule has 6 nitrogen and oxygen atoms in total. The standard InChI is InChI=1S/C8H9NO5/c10-5-1-4(6(11)12)2-8(14-5)3-9-7(8)13/h4H,1-3H2,(H,9,13)(H,11,12)/t4-,8-/m0/s1. The highest BCUT2D eigenvalue weighted by Crippen LogP contribution is 2.33. The molecular weight excluding hydrogens is 190 g/mol. The van der Waals surface area contributed by atoms with Gasteiger partial charge in [-0.15, -0.1) is 0 Å². The number of aliphatic carboxylic acids is 1. The number of hydrogen-bond acceptors (Lipinski definition) is 4. The van der Waals surface area contributed by atoms with E-state index in [4.69, 9.17) is 9.84 Å². The number of ether oxygens (including phenoxy) is 1. The van der Waals surface area contributed by atoms with Crippen molar-refractivity contribution in [2.45, 2.75) is 18.4 Å². The summed E-state index contributed by atoms with van der Waals surface area (Å²) in [6.45, 7) is 0.224. The van der Waals surface area contributed by atoms with Crippen molar-refractivity contribution in [2.24, 2.45) is 5.92 Å². The van der Waals surface area contributed by atoms with E-state index in [0.717, 1.165) is 0 Å². The van der Waals surface area contributed by atoms with Crippen molar-refractivity contribution in [1.82, 2.24) is 5.32 Å². The van der Waals surface area contributed by atoms with Crippen molar-refractivity contribution in [2.75, 3.05) is 6.54 Å². The van der Waals surface area contributed by atoms with Crippen molar-refractivity contribution >= 4 is 17.8 Å². The summed E-state index contributed by atoms with van der Waals surface area (Å²) < 4.78 is 4.89. The number of hydrogen-bond donors (Lipinski definition) is 2. The van der Waals surface area contributed by atoms with Crippen LogP contribution in [0.2, 0.25) is 0 Å². The summed E-state index contributed by atoms with van der Waals surface area (Å²) in [7, 11) is 0. The predicted molar refractivity (Wildman–Crippen MR) is 42.2 cm³/mol. The topological polar surface area (TPSA) is 92.7 Å². The lowest BCUT2D eigenvalue weighted by molar-refractivity contribution is -0.191. The lowest BCUT2D eigenvalue weighted by Gasteiger charge is -2.43. The van der Waals surface area contributed by atoms with E-state index < -0.39 is 29.4 Å². The smallest absolute Gasteiger partial charge is 0.307 e. The van der Waals surface area contributed by atoms with E-state index in [2.05, 4.69) is 5.32 Å². The molecule has 2 saturated heterocycles. The molecule has 2 rings (SSSR count). The molecule has 2 heterocycles. The van der Waals surface area contributed by atoms with Gasteiger partial charge in [-0.25, -0.2) is 0 Å². The molecule has 0 bridgehead atoms. The molecule has 2 aliphatic heterocycles. The Morgan fingerprint density at radius 1 is 1.57 bits per heavy atom. The van der Waals surface area contributed by atoms with Crippen LogP contribution in [-0.2, 0) is 19.1 Å². The first-order valence-corrected chi connectivity index (χ1v) is 4.26. The van der Waals surface area contributed by atoms with Crippen LogP contribution in [-0.4, -0.2) is 35.1 Å². The third-order valence-electron chi connectivity index (χ3n) is 2.60. The Labute approximate surface area is 79.2 Å². The SMILES string of the molecule is O=C1C[C@H](C(=O)O)C[C@@]2(CNC2=O)O1. The molecule has 1 spiro atoms. The molecule has 2 fully saturated rings. The number of amides is 1. The molecule has 0 aromatic heterocycles. The molecule has 2 N–H and O–H groups in total. The number of carbonyl (C=O) groups excluding carboxylic acids is 2. The average Bonchev–Trinajstić information content (AvgIpc) is 2.14. The zero-order chi connectivity index (χ0) is 10.3. The fourth-order valence-electron chi connectivity index (χ4n) is 1.75. The van der Waals surface area contributed by atoms with Gasteiger partial charge < -0.3 is 15.2 Å². The maximum Gasteiger partial charge on any atom is 0.307 e. The number of nitrogens with one attached hydrogen (secondary N) is 1. The van der Waals surface area contributed by atoms with Crippen molar-refractivity contribution in [1.29, 1.82) is 0 Å². The molecule has 0 aliphatic carbocycles. The van der Waals surface area contributed by atoms with E-state index in [-0.39, 0.29) is 19.4 Å². The molecule has 0 unspecified atom stereocenters. The highest BCUT2D eigenvalue weighted by atomic mass is 16.6. The molecule has 14 heavy (non-hydrogen) atoms. The Bertz CT molecular complexity index is 326. The van der Waals surface area contributed by atoms with Gasteiger partial charge in [0.25, 0.3) is 5.91 Å². The summed E-state index contributed by atoms with van der Waals surface area (Å²) in [5.74, 6) is -2.86. The summed E-state index contributed by atoms with van der Waals surface area (Å²) in [6.07, 6.45) is -0.0652. The fourth-order valence-corrected chi connectivity index (χ4v) is 1.75. The summed E-state index contributed by atoms with van der Waals surface area (Å²) in [6, 6.07) is 0. The maximum absolute atomic E-state index is 11.1. The summed E-state index contributed by atoms with van der Waals surface area (Å²) in [4.78, 5) is 32.9. The molecule has 2 atom stereocenters. The first kappa shape index (κ1) is 8.98. The molecule has 0 radical (unpaired) electrons. The van der Waals surface area contributed by atoms with Gasteiger partial charge in [-0.2, -0.15) is 0 Å². The van der Waals surface area contributed by atoms with Crippen LogP contribution in [0.15, 0.2) is 0 Å². The number of carbonyl (C=O) groups is 3. The van der Waals surface area contributed by atoms with Gasteiger partial charge in [0.2, 0.25) is 5.60 Å². The predicted octanol–water partition coefficient (Wildman–Crippen LogP) is -1.11. The van der Waals surface area contributed by atoms with Crippen LogP contribution in [0.3, 0.4) is 0 Å². The Morgan fingerprint density at radius 2 is 2.29 bits per heavy atom. The van der Waals surface area contributed by atoms with E-state index in [1.54, 1.807) is 0 Å². The second kappa shape index (κ2) is 2.70. The van der Waals surface area contributed by atoms with Crippen molar-refractivity contribution < 1.29 is 24.2 Å². The molecule has 6 heteroatoms. The fraction of sp³-hybridized carbons (Fsp3) is 0.625. The van der Waals surface area contributed by atoms with Gasteiger partial charge in [0.1, 0.15) is 0 Å². The second-order valence-corrected chi connectivity index (χ2v) is 3.59. The molecule has 0 aromatic carbocycles. The zero-order valence-corrected chi connectivity index (χ0v) is 7.28. The second-order valence-electron chi connectivity index (χ2n) is 3.59. The Balaban J connectivity index is 2.18. The van der Waals surface area contributed by atoms with Crippen LogP contribution in [0.4, 0.5) is 0 Å². The van der Waals surface area contributed by atoms with E-state index in [1.807, 2.05) is 0 Å². The summed E-state index contributed by atoms with van der Waals surface area (Å²) in [5.41, 5.74) is -1.20. The van der Waals surface area contributed by atoms with Gasteiger partial charge in [-0.1, -0.05) is 0 Å².